The van der Waals surface area contributed by atoms with Crippen molar-refractivity contribution < 1.29 is 14.8 Å². The molecule has 0 aromatic heterocycles. The molecule has 18 heavy (non-hydrogen) atoms. The van der Waals surface area contributed by atoms with Gasteiger partial charge in [-0.25, -0.2) is 4.79 Å². The number of nitro benzene ring substituents is 1. The maximum atomic E-state index is 10.5. The Bertz CT molecular complexity index is 465. The Hall–Kier alpha value is -2.21. The number of carboxylic acid groups (broad SMARTS) is 1. The Morgan fingerprint density at radius 1 is 1.44 bits per heavy atom. The molecular formula is C12H14N2O4. The van der Waals surface area contributed by atoms with E-state index in [1.165, 1.54) is 19.1 Å². The smallest absolute Gasteiger partial charge is 0.330 e. The number of carboxylic acids is 1. The normalized spacial score (nSPS) is 11.3. The summed E-state index contributed by atoms with van der Waals surface area (Å²) in [5.74, 6) is -0.938. The van der Waals surface area contributed by atoms with Crippen molar-refractivity contribution in [3.8, 4) is 0 Å². The standard InChI is InChI=1S/C12H14N2O4/c1-9(12(15)16)6-7-13-8-10-2-4-11(5-3-10)14(17)18/h2-6,13H,7-8H2,1H3,(H,15,16)/b9-6-. The van der Waals surface area contributed by atoms with Crippen LogP contribution in [0, 0.1) is 10.1 Å². The third-order valence-electron chi connectivity index (χ3n) is 2.37. The van der Waals surface area contributed by atoms with Gasteiger partial charge in [0.1, 0.15) is 0 Å². The molecule has 2 N–H and O–H groups in total. The molecule has 0 unspecified atom stereocenters. The largest absolute Gasteiger partial charge is 0.478 e. The number of hydrogen-bond acceptors (Lipinski definition) is 4. The lowest BCUT2D eigenvalue weighted by molar-refractivity contribution is -0.384. The van der Waals surface area contributed by atoms with Crippen LogP contribution in [0.1, 0.15) is 12.5 Å². The van der Waals surface area contributed by atoms with Crippen molar-refractivity contribution in [3.05, 3.63) is 51.6 Å². The van der Waals surface area contributed by atoms with E-state index in [2.05, 4.69) is 5.32 Å². The highest BCUT2D eigenvalue weighted by molar-refractivity contribution is 5.85. The van der Waals surface area contributed by atoms with E-state index < -0.39 is 10.9 Å². The van der Waals surface area contributed by atoms with Gasteiger partial charge in [-0.15, -0.1) is 0 Å². The fourth-order valence-corrected chi connectivity index (χ4v) is 1.26. The highest BCUT2D eigenvalue weighted by Gasteiger charge is 2.03. The molecular weight excluding hydrogens is 236 g/mol. The minimum absolute atomic E-state index is 0.0559. The second-order valence-corrected chi connectivity index (χ2v) is 3.75. The SMILES string of the molecule is C/C(=C/CNCc1ccc([N+](=O)[O-])cc1)C(=O)O. The maximum Gasteiger partial charge on any atom is 0.330 e. The summed E-state index contributed by atoms with van der Waals surface area (Å²) in [6.07, 6.45) is 1.58. The number of nitro groups is 1. The van der Waals surface area contributed by atoms with E-state index in [0.717, 1.165) is 5.56 Å². The molecule has 1 rings (SSSR count). The summed E-state index contributed by atoms with van der Waals surface area (Å²) in [5, 5.41) is 22.1. The summed E-state index contributed by atoms with van der Waals surface area (Å²) < 4.78 is 0. The second-order valence-electron chi connectivity index (χ2n) is 3.75. The summed E-state index contributed by atoms with van der Waals surface area (Å²) in [4.78, 5) is 20.5. The van der Waals surface area contributed by atoms with Crippen LogP contribution in [0.25, 0.3) is 0 Å². The predicted molar refractivity (Wildman–Crippen MR) is 66.2 cm³/mol. The zero-order valence-corrected chi connectivity index (χ0v) is 9.92. The van der Waals surface area contributed by atoms with E-state index in [9.17, 15) is 14.9 Å². The lowest BCUT2D eigenvalue weighted by atomic mass is 10.2. The highest BCUT2D eigenvalue weighted by Crippen LogP contribution is 2.11. The molecule has 0 fully saturated rings. The van der Waals surface area contributed by atoms with E-state index in [1.807, 2.05) is 0 Å². The molecule has 0 atom stereocenters. The van der Waals surface area contributed by atoms with Gasteiger partial charge in [0.2, 0.25) is 0 Å². The summed E-state index contributed by atoms with van der Waals surface area (Å²) in [6, 6.07) is 6.21. The van der Waals surface area contributed by atoms with E-state index in [4.69, 9.17) is 5.11 Å². The summed E-state index contributed by atoms with van der Waals surface area (Å²) in [5.41, 5.74) is 1.24. The third-order valence-corrected chi connectivity index (χ3v) is 2.37. The maximum absolute atomic E-state index is 10.5. The van der Waals surface area contributed by atoms with Crippen LogP contribution in [0.3, 0.4) is 0 Å². The average molecular weight is 250 g/mol. The molecule has 0 spiro atoms. The lowest BCUT2D eigenvalue weighted by Gasteiger charge is -2.02. The van der Waals surface area contributed by atoms with Crippen LogP contribution in [-0.2, 0) is 11.3 Å². The van der Waals surface area contributed by atoms with Gasteiger partial charge in [-0.3, -0.25) is 10.1 Å². The zero-order valence-electron chi connectivity index (χ0n) is 9.92. The number of hydrogen-bond donors (Lipinski definition) is 2. The van der Waals surface area contributed by atoms with Gasteiger partial charge in [0.25, 0.3) is 5.69 Å². The summed E-state index contributed by atoms with van der Waals surface area (Å²) >= 11 is 0. The van der Waals surface area contributed by atoms with Crippen LogP contribution >= 0.6 is 0 Å². The van der Waals surface area contributed by atoms with Gasteiger partial charge >= 0.3 is 5.97 Å². The number of non-ortho nitro benzene ring substituents is 1. The van der Waals surface area contributed by atoms with Crippen molar-refractivity contribution in [2.75, 3.05) is 6.54 Å². The van der Waals surface area contributed by atoms with E-state index in [1.54, 1.807) is 18.2 Å². The first-order chi connectivity index (χ1) is 8.50. The fraction of sp³-hybridized carbons (Fsp3) is 0.250. The Kier molecular flexibility index (Phi) is 5.01. The number of benzene rings is 1. The second kappa shape index (κ2) is 6.51. The monoisotopic (exact) mass is 250 g/mol. The van der Waals surface area contributed by atoms with Gasteiger partial charge in [-0.1, -0.05) is 18.2 Å². The Morgan fingerprint density at radius 2 is 2.06 bits per heavy atom. The number of aliphatic carboxylic acids is 1. The van der Waals surface area contributed by atoms with Gasteiger partial charge in [0, 0.05) is 30.8 Å². The van der Waals surface area contributed by atoms with Crippen LogP contribution in [0.2, 0.25) is 0 Å². The molecule has 0 aliphatic heterocycles. The van der Waals surface area contributed by atoms with E-state index in [-0.39, 0.29) is 11.3 Å². The predicted octanol–water partition coefficient (Wildman–Crippen LogP) is 1.72. The van der Waals surface area contributed by atoms with Crippen LogP contribution in [0.5, 0.6) is 0 Å². The van der Waals surface area contributed by atoms with Gasteiger partial charge in [0.15, 0.2) is 0 Å². The number of nitrogens with zero attached hydrogens (tertiary/aromatic N) is 1. The highest BCUT2D eigenvalue weighted by atomic mass is 16.6. The fourth-order valence-electron chi connectivity index (χ4n) is 1.26. The molecule has 6 heteroatoms. The summed E-state index contributed by atoms with van der Waals surface area (Å²) in [7, 11) is 0. The molecule has 96 valence electrons. The van der Waals surface area contributed by atoms with Crippen LogP contribution in [0.4, 0.5) is 5.69 Å². The third kappa shape index (κ3) is 4.34. The van der Waals surface area contributed by atoms with Crippen molar-refractivity contribution in [3.63, 3.8) is 0 Å². The van der Waals surface area contributed by atoms with Crippen LogP contribution in [0.15, 0.2) is 35.9 Å². The van der Waals surface area contributed by atoms with Crippen molar-refractivity contribution in [1.29, 1.82) is 0 Å². The molecule has 0 aliphatic carbocycles. The molecule has 0 saturated carbocycles. The van der Waals surface area contributed by atoms with Crippen molar-refractivity contribution in [2.45, 2.75) is 13.5 Å². The van der Waals surface area contributed by atoms with Crippen LogP contribution < -0.4 is 5.32 Å². The molecule has 0 heterocycles. The first-order valence-corrected chi connectivity index (χ1v) is 5.35. The molecule has 6 nitrogen and oxygen atoms in total. The average Bonchev–Trinajstić information content (AvgIpc) is 2.34. The van der Waals surface area contributed by atoms with E-state index in [0.29, 0.717) is 13.1 Å². The van der Waals surface area contributed by atoms with Crippen LogP contribution in [-0.4, -0.2) is 22.5 Å². The van der Waals surface area contributed by atoms with Gasteiger partial charge < -0.3 is 10.4 Å². The van der Waals surface area contributed by atoms with E-state index >= 15 is 0 Å². The first-order valence-electron chi connectivity index (χ1n) is 5.35. The van der Waals surface area contributed by atoms with Crippen molar-refractivity contribution >= 4 is 11.7 Å². The van der Waals surface area contributed by atoms with Crippen molar-refractivity contribution in [1.82, 2.24) is 5.32 Å². The molecule has 0 radical (unpaired) electrons. The molecule has 0 amide bonds. The minimum Gasteiger partial charge on any atom is -0.478 e. The van der Waals surface area contributed by atoms with Crippen molar-refractivity contribution in [2.24, 2.45) is 0 Å². The Morgan fingerprint density at radius 3 is 2.56 bits per heavy atom. The first kappa shape index (κ1) is 13.9. The number of carbonyl (C=O) groups is 1. The lowest BCUT2D eigenvalue weighted by Crippen LogP contribution is -2.14. The Labute approximate surface area is 104 Å². The molecule has 1 aromatic rings. The van der Waals surface area contributed by atoms with Gasteiger partial charge in [0.05, 0.1) is 4.92 Å². The number of rotatable bonds is 6. The summed E-state index contributed by atoms with van der Waals surface area (Å²) in [6.45, 7) is 2.49. The number of nitrogens with one attached hydrogen (secondary N) is 1. The topological polar surface area (TPSA) is 92.5 Å². The molecule has 0 bridgehead atoms. The molecule has 0 aliphatic rings. The van der Waals surface area contributed by atoms with Gasteiger partial charge in [-0.05, 0) is 12.5 Å². The van der Waals surface area contributed by atoms with Gasteiger partial charge in [-0.2, -0.15) is 0 Å². The molecule has 1 aromatic carbocycles. The minimum atomic E-state index is -0.938. The Balaban J connectivity index is 2.43. The molecule has 0 saturated heterocycles. The zero-order chi connectivity index (χ0) is 13.5. The quantitative estimate of drug-likeness (QED) is 0.347.